The topological polar surface area (TPSA) is 77.1 Å². The summed E-state index contributed by atoms with van der Waals surface area (Å²) in [6.45, 7) is 2.72. The molecule has 148 valence electrons. The van der Waals surface area contributed by atoms with Crippen LogP contribution in [0.2, 0.25) is 0 Å². The minimum atomic E-state index is -0.289. The third-order valence-electron chi connectivity index (χ3n) is 4.57. The Morgan fingerprint density at radius 3 is 2.57 bits per heavy atom. The van der Waals surface area contributed by atoms with E-state index in [-0.39, 0.29) is 24.3 Å². The molecule has 1 fully saturated rings. The maximum atomic E-state index is 12.7. The van der Waals surface area contributed by atoms with Gasteiger partial charge in [0.2, 0.25) is 5.91 Å². The first-order valence-corrected chi connectivity index (χ1v) is 9.12. The summed E-state index contributed by atoms with van der Waals surface area (Å²) < 4.78 is 16.1. The normalized spacial score (nSPS) is 16.0. The Morgan fingerprint density at radius 2 is 1.86 bits per heavy atom. The van der Waals surface area contributed by atoms with Gasteiger partial charge < -0.3 is 24.4 Å². The number of amides is 2. The molecular weight excluding hydrogens is 360 g/mol. The van der Waals surface area contributed by atoms with Crippen LogP contribution < -0.4 is 24.4 Å². The minimum absolute atomic E-state index is 0.0596. The van der Waals surface area contributed by atoms with E-state index in [1.807, 2.05) is 13.0 Å². The van der Waals surface area contributed by atoms with E-state index < -0.39 is 0 Å². The highest BCUT2D eigenvalue weighted by atomic mass is 16.5. The van der Waals surface area contributed by atoms with Crippen LogP contribution in [0.25, 0.3) is 0 Å². The number of methoxy groups -OCH3 is 2. The zero-order valence-corrected chi connectivity index (χ0v) is 16.2. The van der Waals surface area contributed by atoms with Gasteiger partial charge in [0, 0.05) is 24.7 Å². The Balaban J connectivity index is 1.72. The number of hydrogen-bond donors (Lipinski definition) is 1. The lowest BCUT2D eigenvalue weighted by Gasteiger charge is -2.19. The molecule has 0 saturated carbocycles. The number of anilines is 1. The lowest BCUT2D eigenvalue weighted by molar-refractivity contribution is -0.117. The predicted octanol–water partition coefficient (Wildman–Crippen LogP) is 2.64. The summed E-state index contributed by atoms with van der Waals surface area (Å²) in [5.74, 6) is 1.36. The molecule has 2 aromatic rings. The second-order valence-corrected chi connectivity index (χ2v) is 6.35. The van der Waals surface area contributed by atoms with Crippen molar-refractivity contribution < 1.29 is 23.8 Å². The molecule has 0 unspecified atom stereocenters. The van der Waals surface area contributed by atoms with Gasteiger partial charge in [-0.05, 0) is 31.2 Å². The average molecular weight is 384 g/mol. The molecule has 1 atom stereocenters. The number of nitrogens with zero attached hydrogens (tertiary/aromatic N) is 1. The van der Waals surface area contributed by atoms with E-state index in [0.717, 1.165) is 0 Å². The van der Waals surface area contributed by atoms with Crippen molar-refractivity contribution in [1.29, 1.82) is 0 Å². The van der Waals surface area contributed by atoms with Crippen molar-refractivity contribution in [1.82, 2.24) is 5.32 Å². The molecule has 1 heterocycles. The van der Waals surface area contributed by atoms with Crippen molar-refractivity contribution in [3.8, 4) is 17.2 Å². The highest BCUT2D eigenvalue weighted by Gasteiger charge is 2.32. The highest BCUT2D eigenvalue weighted by Crippen LogP contribution is 2.33. The Labute approximate surface area is 164 Å². The summed E-state index contributed by atoms with van der Waals surface area (Å²) in [5, 5.41) is 2.94. The molecule has 2 aromatic carbocycles. The first-order valence-electron chi connectivity index (χ1n) is 9.12. The fourth-order valence-corrected chi connectivity index (χ4v) is 3.25. The monoisotopic (exact) mass is 384 g/mol. The van der Waals surface area contributed by atoms with Gasteiger partial charge in [-0.25, -0.2) is 0 Å². The molecule has 1 aliphatic heterocycles. The summed E-state index contributed by atoms with van der Waals surface area (Å²) in [4.78, 5) is 26.8. The van der Waals surface area contributed by atoms with Gasteiger partial charge in [-0.1, -0.05) is 12.1 Å². The number of benzene rings is 2. The van der Waals surface area contributed by atoms with Crippen LogP contribution in [0.5, 0.6) is 17.2 Å². The summed E-state index contributed by atoms with van der Waals surface area (Å²) in [6, 6.07) is 12.1. The third kappa shape index (κ3) is 4.03. The van der Waals surface area contributed by atoms with E-state index >= 15 is 0 Å². The fourth-order valence-electron chi connectivity index (χ4n) is 3.25. The van der Waals surface area contributed by atoms with Crippen LogP contribution in [0, 0.1) is 0 Å². The number of carbonyl (C=O) groups is 2. The number of ether oxygens (including phenoxy) is 3. The van der Waals surface area contributed by atoms with Crippen LogP contribution in [0.1, 0.15) is 23.7 Å². The van der Waals surface area contributed by atoms with E-state index in [1.54, 1.807) is 55.5 Å². The summed E-state index contributed by atoms with van der Waals surface area (Å²) >= 11 is 0. The van der Waals surface area contributed by atoms with E-state index in [4.69, 9.17) is 14.2 Å². The van der Waals surface area contributed by atoms with E-state index in [2.05, 4.69) is 5.32 Å². The van der Waals surface area contributed by atoms with Gasteiger partial charge in [0.1, 0.15) is 5.75 Å². The molecule has 0 aromatic heterocycles. The molecule has 0 spiro atoms. The maximum Gasteiger partial charge on any atom is 0.255 e. The molecule has 0 radical (unpaired) electrons. The quantitative estimate of drug-likeness (QED) is 0.794. The van der Waals surface area contributed by atoms with Crippen LogP contribution in [0.15, 0.2) is 42.5 Å². The summed E-state index contributed by atoms with van der Waals surface area (Å²) in [7, 11) is 3.11. The van der Waals surface area contributed by atoms with Crippen LogP contribution in [0.4, 0.5) is 5.69 Å². The Bertz CT molecular complexity index is 868. The van der Waals surface area contributed by atoms with Crippen molar-refractivity contribution in [3.05, 3.63) is 48.0 Å². The number of rotatable bonds is 7. The summed E-state index contributed by atoms with van der Waals surface area (Å²) in [6.07, 6.45) is 0.233. The Hall–Kier alpha value is -3.22. The molecule has 7 heteroatoms. The van der Waals surface area contributed by atoms with Crippen LogP contribution in [0.3, 0.4) is 0 Å². The zero-order chi connectivity index (χ0) is 20.1. The number of nitrogens with one attached hydrogen (secondary N) is 1. The third-order valence-corrected chi connectivity index (χ3v) is 4.57. The smallest absolute Gasteiger partial charge is 0.255 e. The number of hydrogen-bond acceptors (Lipinski definition) is 5. The van der Waals surface area contributed by atoms with Gasteiger partial charge in [-0.3, -0.25) is 9.59 Å². The molecule has 0 bridgehead atoms. The van der Waals surface area contributed by atoms with E-state index in [1.165, 1.54) is 0 Å². The molecule has 3 rings (SSSR count). The maximum absolute atomic E-state index is 12.7. The van der Waals surface area contributed by atoms with Crippen molar-refractivity contribution in [2.45, 2.75) is 19.4 Å². The number of para-hydroxylation sites is 1. The minimum Gasteiger partial charge on any atom is -0.493 e. The molecule has 7 nitrogen and oxygen atoms in total. The zero-order valence-electron chi connectivity index (χ0n) is 16.2. The van der Waals surface area contributed by atoms with Crippen molar-refractivity contribution in [2.24, 2.45) is 0 Å². The van der Waals surface area contributed by atoms with Gasteiger partial charge in [-0.2, -0.15) is 0 Å². The average Bonchev–Trinajstić information content (AvgIpc) is 3.08. The highest BCUT2D eigenvalue weighted by molar-refractivity contribution is 6.00. The van der Waals surface area contributed by atoms with E-state index in [0.29, 0.717) is 41.7 Å². The van der Waals surface area contributed by atoms with Crippen LogP contribution in [-0.2, 0) is 4.79 Å². The van der Waals surface area contributed by atoms with Gasteiger partial charge in [0.05, 0.1) is 32.4 Å². The predicted molar refractivity (Wildman–Crippen MR) is 105 cm³/mol. The van der Waals surface area contributed by atoms with Gasteiger partial charge in [-0.15, -0.1) is 0 Å². The Morgan fingerprint density at radius 1 is 1.11 bits per heavy atom. The lowest BCUT2D eigenvalue weighted by atomic mass is 10.1. The number of carbonyl (C=O) groups excluding carboxylic acids is 2. The van der Waals surface area contributed by atoms with Gasteiger partial charge in [0.25, 0.3) is 5.91 Å². The molecule has 1 N–H and O–H groups in total. The van der Waals surface area contributed by atoms with Crippen LogP contribution >= 0.6 is 0 Å². The molecule has 1 saturated heterocycles. The van der Waals surface area contributed by atoms with Gasteiger partial charge in [0.15, 0.2) is 11.5 Å². The van der Waals surface area contributed by atoms with Crippen molar-refractivity contribution >= 4 is 17.5 Å². The molecule has 2 amide bonds. The molecule has 28 heavy (non-hydrogen) atoms. The first kappa shape index (κ1) is 19.5. The molecule has 1 aliphatic rings. The van der Waals surface area contributed by atoms with Gasteiger partial charge >= 0.3 is 0 Å². The van der Waals surface area contributed by atoms with E-state index in [9.17, 15) is 9.59 Å². The standard InChI is InChI=1S/C21H24N2O5/c1-4-28-17-8-6-5-7-16(17)21(25)22-14-11-20(24)23(13-14)15-9-10-18(26-2)19(12-15)27-3/h5-10,12,14H,4,11,13H2,1-3H3,(H,22,25)/t14-/m0/s1. The second-order valence-electron chi connectivity index (χ2n) is 6.35. The Kier molecular flexibility index (Phi) is 6.03. The second kappa shape index (κ2) is 8.65. The fraction of sp³-hybridized carbons (Fsp3) is 0.333. The summed E-state index contributed by atoms with van der Waals surface area (Å²) in [5.41, 5.74) is 1.16. The largest absolute Gasteiger partial charge is 0.493 e. The SMILES string of the molecule is CCOc1ccccc1C(=O)N[C@H]1CC(=O)N(c2ccc(OC)c(OC)c2)C1. The van der Waals surface area contributed by atoms with Crippen molar-refractivity contribution in [2.75, 3.05) is 32.3 Å². The van der Waals surface area contributed by atoms with Crippen LogP contribution in [-0.4, -0.2) is 45.2 Å². The lowest BCUT2D eigenvalue weighted by Crippen LogP contribution is -2.37. The van der Waals surface area contributed by atoms with Crippen molar-refractivity contribution in [3.63, 3.8) is 0 Å². The molecule has 0 aliphatic carbocycles. The first-order chi connectivity index (χ1) is 13.6. The molecular formula is C21H24N2O5.